The lowest BCUT2D eigenvalue weighted by Crippen LogP contribution is -2.03. The number of halogens is 3. The van der Waals surface area contributed by atoms with Gasteiger partial charge in [0.2, 0.25) is 0 Å². The molecule has 2 aliphatic heterocycles. The lowest BCUT2D eigenvalue weighted by atomic mass is 10.0. The standard InChI is InChI=1S/C25H16ClF2N3/c26-20-8-4-7-19(24(20)28)25-29-22-11-12-31(15-23(22)30-25)14-18-10-9-17(13-21(18)27)16-5-2-1-3-6-16/h1-13,15H,14H2. The molecule has 0 unspecified atom stereocenters. The van der Waals surface area contributed by atoms with Crippen LogP contribution in [-0.4, -0.2) is 14.5 Å². The van der Waals surface area contributed by atoms with Crippen molar-refractivity contribution in [1.29, 1.82) is 0 Å². The van der Waals surface area contributed by atoms with Crippen LogP contribution in [0.2, 0.25) is 5.02 Å². The first-order valence-corrected chi connectivity index (χ1v) is 10.1. The number of aromatic nitrogens is 3. The number of rotatable bonds is 4. The highest BCUT2D eigenvalue weighted by molar-refractivity contribution is 6.31. The molecule has 0 aromatic heterocycles. The minimum Gasteiger partial charge on any atom is -0.347 e. The van der Waals surface area contributed by atoms with Crippen LogP contribution in [0, 0.1) is 11.6 Å². The quantitative estimate of drug-likeness (QED) is 0.317. The molecule has 5 rings (SSSR count). The Morgan fingerprint density at radius 1 is 0.806 bits per heavy atom. The summed E-state index contributed by atoms with van der Waals surface area (Å²) in [5.41, 5.74) is 3.83. The van der Waals surface area contributed by atoms with E-state index in [-0.39, 0.29) is 22.2 Å². The van der Waals surface area contributed by atoms with Gasteiger partial charge in [0, 0.05) is 24.5 Å². The SMILES string of the molecule is Fc1cc(-c2ccccc2)ccc1Cn1ccc2nc(-c3cccc(Cl)c3F)nc-2c1. The van der Waals surface area contributed by atoms with Gasteiger partial charge in [-0.3, -0.25) is 0 Å². The van der Waals surface area contributed by atoms with Gasteiger partial charge < -0.3 is 4.57 Å². The first-order valence-electron chi connectivity index (χ1n) is 9.70. The number of benzene rings is 3. The molecule has 0 fully saturated rings. The average molecular weight is 432 g/mol. The molecule has 0 aliphatic carbocycles. The van der Waals surface area contributed by atoms with Gasteiger partial charge in [0.25, 0.3) is 0 Å². The Balaban J connectivity index is 1.44. The van der Waals surface area contributed by atoms with Gasteiger partial charge in [-0.2, -0.15) is 0 Å². The van der Waals surface area contributed by atoms with Crippen molar-refractivity contribution in [2.45, 2.75) is 6.54 Å². The van der Waals surface area contributed by atoms with Gasteiger partial charge in [0.05, 0.1) is 16.3 Å². The highest BCUT2D eigenvalue weighted by atomic mass is 35.5. The van der Waals surface area contributed by atoms with Crippen molar-refractivity contribution in [1.82, 2.24) is 14.5 Å². The van der Waals surface area contributed by atoms with Gasteiger partial charge in [-0.25, -0.2) is 18.7 Å². The fourth-order valence-corrected chi connectivity index (χ4v) is 3.70. The third kappa shape index (κ3) is 3.80. The molecule has 0 N–H and O–H groups in total. The first kappa shape index (κ1) is 19.4. The van der Waals surface area contributed by atoms with Crippen LogP contribution in [0.5, 0.6) is 0 Å². The van der Waals surface area contributed by atoms with Crippen molar-refractivity contribution >= 4 is 11.6 Å². The lowest BCUT2D eigenvalue weighted by molar-refractivity contribution is 0.599. The van der Waals surface area contributed by atoms with Crippen LogP contribution in [-0.2, 0) is 6.54 Å². The van der Waals surface area contributed by atoms with Crippen molar-refractivity contribution in [2.75, 3.05) is 0 Å². The van der Waals surface area contributed by atoms with Crippen LogP contribution in [0.25, 0.3) is 33.9 Å². The molecule has 0 spiro atoms. The van der Waals surface area contributed by atoms with Gasteiger partial charge in [-0.15, -0.1) is 0 Å². The summed E-state index contributed by atoms with van der Waals surface area (Å²) in [5.74, 6) is -0.553. The zero-order chi connectivity index (χ0) is 21.4. The number of hydrogen-bond donors (Lipinski definition) is 0. The molecule has 2 heterocycles. The number of imidazole rings is 1. The Bertz CT molecular complexity index is 1350. The van der Waals surface area contributed by atoms with E-state index in [0.29, 0.717) is 23.5 Å². The van der Waals surface area contributed by atoms with E-state index in [1.165, 1.54) is 6.07 Å². The second-order valence-electron chi connectivity index (χ2n) is 7.21. The second-order valence-corrected chi connectivity index (χ2v) is 7.62. The van der Waals surface area contributed by atoms with E-state index in [1.54, 1.807) is 42.7 Å². The Kier molecular flexibility index (Phi) is 4.96. The van der Waals surface area contributed by atoms with Crippen molar-refractivity contribution in [2.24, 2.45) is 0 Å². The van der Waals surface area contributed by atoms with Gasteiger partial charge in [-0.05, 0) is 35.4 Å². The molecule has 0 amide bonds. The summed E-state index contributed by atoms with van der Waals surface area (Å²) in [7, 11) is 0. The van der Waals surface area contributed by atoms with E-state index >= 15 is 0 Å². The van der Waals surface area contributed by atoms with E-state index < -0.39 is 5.82 Å². The minimum atomic E-state index is -0.548. The number of nitrogens with zero attached hydrogens (tertiary/aromatic N) is 3. The molecule has 0 atom stereocenters. The fourth-order valence-electron chi connectivity index (χ4n) is 3.53. The molecular weight excluding hydrogens is 416 g/mol. The van der Waals surface area contributed by atoms with Crippen LogP contribution in [0.4, 0.5) is 8.78 Å². The van der Waals surface area contributed by atoms with Gasteiger partial charge in [-0.1, -0.05) is 60.1 Å². The fraction of sp³-hybridized carbons (Fsp3) is 0.0400. The maximum absolute atomic E-state index is 14.7. The Labute approximate surface area is 182 Å². The smallest absolute Gasteiger partial charge is 0.163 e. The van der Waals surface area contributed by atoms with E-state index in [9.17, 15) is 8.78 Å². The van der Waals surface area contributed by atoms with Crippen molar-refractivity contribution < 1.29 is 8.78 Å². The predicted octanol–water partition coefficient (Wildman–Crippen LogP) is 6.70. The third-order valence-electron chi connectivity index (χ3n) is 5.13. The monoisotopic (exact) mass is 431 g/mol. The van der Waals surface area contributed by atoms with E-state index in [4.69, 9.17) is 11.6 Å². The topological polar surface area (TPSA) is 30.7 Å². The van der Waals surface area contributed by atoms with Gasteiger partial charge in [0.15, 0.2) is 11.6 Å². The lowest BCUT2D eigenvalue weighted by Gasteiger charge is -2.10. The van der Waals surface area contributed by atoms with Crippen molar-refractivity contribution in [3.8, 4) is 33.9 Å². The molecule has 3 aromatic rings. The van der Waals surface area contributed by atoms with Crippen LogP contribution in [0.1, 0.15) is 5.56 Å². The van der Waals surface area contributed by atoms with E-state index in [2.05, 4.69) is 9.97 Å². The van der Waals surface area contributed by atoms with Gasteiger partial charge >= 0.3 is 0 Å². The van der Waals surface area contributed by atoms with Crippen LogP contribution in [0.3, 0.4) is 0 Å². The summed E-state index contributed by atoms with van der Waals surface area (Å²) < 4.78 is 30.9. The largest absolute Gasteiger partial charge is 0.347 e. The number of pyridine rings is 1. The molecule has 0 saturated carbocycles. The third-order valence-corrected chi connectivity index (χ3v) is 5.42. The Hall–Kier alpha value is -3.57. The van der Waals surface area contributed by atoms with Crippen LogP contribution in [0.15, 0.2) is 85.2 Å². The zero-order valence-electron chi connectivity index (χ0n) is 16.3. The van der Waals surface area contributed by atoms with E-state index in [1.807, 2.05) is 41.0 Å². The Morgan fingerprint density at radius 3 is 2.42 bits per heavy atom. The summed E-state index contributed by atoms with van der Waals surface area (Å²) in [4.78, 5) is 8.84. The second kappa shape index (κ2) is 7.93. The summed E-state index contributed by atoms with van der Waals surface area (Å²) in [6, 6.07) is 21.4. The summed E-state index contributed by atoms with van der Waals surface area (Å²) in [5, 5.41) is 0.0239. The average Bonchev–Trinajstić information content (AvgIpc) is 3.21. The molecule has 3 aromatic carbocycles. The molecule has 152 valence electrons. The highest BCUT2D eigenvalue weighted by Crippen LogP contribution is 2.29. The molecular formula is C25H16ClF2N3. The zero-order valence-corrected chi connectivity index (χ0v) is 17.0. The maximum atomic E-state index is 14.7. The molecule has 0 saturated heterocycles. The highest BCUT2D eigenvalue weighted by Gasteiger charge is 2.17. The molecule has 3 nitrogen and oxygen atoms in total. The van der Waals surface area contributed by atoms with Crippen LogP contribution < -0.4 is 0 Å². The molecule has 0 bridgehead atoms. The maximum Gasteiger partial charge on any atom is 0.163 e. The normalized spacial score (nSPS) is 11.2. The summed E-state index contributed by atoms with van der Waals surface area (Å²) in [6.07, 6.45) is 3.58. The first-order chi connectivity index (χ1) is 15.1. The van der Waals surface area contributed by atoms with E-state index in [0.717, 1.165) is 11.1 Å². The van der Waals surface area contributed by atoms with Crippen LogP contribution >= 0.6 is 11.6 Å². The predicted molar refractivity (Wildman–Crippen MR) is 118 cm³/mol. The summed E-state index contributed by atoms with van der Waals surface area (Å²) >= 11 is 5.87. The minimum absolute atomic E-state index is 0.0239. The molecule has 0 radical (unpaired) electrons. The number of hydrogen-bond acceptors (Lipinski definition) is 2. The summed E-state index contributed by atoms with van der Waals surface area (Å²) in [6.45, 7) is 0.338. The van der Waals surface area contributed by atoms with Crippen molar-refractivity contribution in [3.05, 3.63) is 107 Å². The van der Waals surface area contributed by atoms with Crippen molar-refractivity contribution in [3.63, 3.8) is 0 Å². The molecule has 6 heteroatoms. The van der Waals surface area contributed by atoms with Gasteiger partial charge in [0.1, 0.15) is 11.5 Å². The number of fused-ring (bicyclic) bond motifs is 1. The molecule has 2 aliphatic rings. The Morgan fingerprint density at radius 2 is 1.61 bits per heavy atom. The molecule has 31 heavy (non-hydrogen) atoms.